The van der Waals surface area contributed by atoms with E-state index in [1.165, 1.54) is 17.7 Å². The van der Waals surface area contributed by atoms with Crippen molar-refractivity contribution in [2.24, 2.45) is 0 Å². The fourth-order valence-corrected chi connectivity index (χ4v) is 4.49. The maximum absolute atomic E-state index is 13.2. The van der Waals surface area contributed by atoms with Crippen molar-refractivity contribution in [3.63, 3.8) is 0 Å². The van der Waals surface area contributed by atoms with Crippen molar-refractivity contribution in [3.05, 3.63) is 53.0 Å². The zero-order valence-corrected chi connectivity index (χ0v) is 14.6. The SMILES string of the molecule is O=C(c1cc2c(s1)-c1ccccc1OC2)N1CCOCC1c1ncon1. The van der Waals surface area contributed by atoms with Gasteiger partial charge in [0.1, 0.15) is 18.4 Å². The van der Waals surface area contributed by atoms with Gasteiger partial charge in [-0.05, 0) is 18.2 Å². The Hall–Kier alpha value is -2.71. The summed E-state index contributed by atoms with van der Waals surface area (Å²) in [6.45, 7) is 1.83. The van der Waals surface area contributed by atoms with E-state index in [0.29, 0.717) is 37.1 Å². The van der Waals surface area contributed by atoms with Gasteiger partial charge in [-0.3, -0.25) is 4.79 Å². The molecule has 1 fully saturated rings. The summed E-state index contributed by atoms with van der Waals surface area (Å²) in [5, 5.41) is 3.88. The van der Waals surface area contributed by atoms with Gasteiger partial charge < -0.3 is 18.9 Å². The van der Waals surface area contributed by atoms with Crippen LogP contribution in [0.1, 0.15) is 27.1 Å². The number of morpholine rings is 1. The van der Waals surface area contributed by atoms with Crippen molar-refractivity contribution < 1.29 is 18.8 Å². The summed E-state index contributed by atoms with van der Waals surface area (Å²) < 4.78 is 16.2. The number of fused-ring (bicyclic) bond motifs is 3. The number of carbonyl (C=O) groups excluding carboxylic acids is 1. The lowest BCUT2D eigenvalue weighted by Crippen LogP contribution is -2.43. The van der Waals surface area contributed by atoms with Gasteiger partial charge >= 0.3 is 0 Å². The highest BCUT2D eigenvalue weighted by Gasteiger charge is 2.34. The van der Waals surface area contributed by atoms with Crippen LogP contribution in [0.4, 0.5) is 0 Å². The maximum atomic E-state index is 13.2. The Morgan fingerprint density at radius 1 is 1.31 bits per heavy atom. The average molecular weight is 369 g/mol. The molecule has 0 N–H and O–H groups in total. The molecule has 4 heterocycles. The van der Waals surface area contributed by atoms with Gasteiger partial charge in [0, 0.05) is 22.5 Å². The second-order valence-corrected chi connectivity index (χ2v) is 7.18. The molecule has 1 saturated heterocycles. The molecule has 0 saturated carbocycles. The number of carbonyl (C=O) groups is 1. The molecule has 0 aliphatic carbocycles. The smallest absolute Gasteiger partial charge is 0.264 e. The highest BCUT2D eigenvalue weighted by Crippen LogP contribution is 2.42. The number of hydrogen-bond donors (Lipinski definition) is 0. The summed E-state index contributed by atoms with van der Waals surface area (Å²) >= 11 is 1.50. The number of amides is 1. The summed E-state index contributed by atoms with van der Waals surface area (Å²) in [6, 6.07) is 9.50. The quantitative estimate of drug-likeness (QED) is 0.691. The van der Waals surface area contributed by atoms with Crippen LogP contribution in [-0.4, -0.2) is 40.7 Å². The Balaban J connectivity index is 1.49. The first kappa shape index (κ1) is 15.5. The molecule has 3 aromatic rings. The average Bonchev–Trinajstić information content (AvgIpc) is 3.37. The normalized spacial score (nSPS) is 18.8. The summed E-state index contributed by atoms with van der Waals surface area (Å²) in [7, 11) is 0. The summed E-state index contributed by atoms with van der Waals surface area (Å²) in [5.74, 6) is 1.28. The largest absolute Gasteiger partial charge is 0.488 e. The van der Waals surface area contributed by atoms with E-state index in [-0.39, 0.29) is 11.9 Å². The third kappa shape index (κ3) is 2.49. The molecule has 0 spiro atoms. The van der Waals surface area contributed by atoms with Crippen LogP contribution < -0.4 is 4.74 Å². The number of nitrogens with zero attached hydrogens (tertiary/aromatic N) is 3. The molecular weight excluding hydrogens is 354 g/mol. The maximum Gasteiger partial charge on any atom is 0.264 e. The zero-order valence-electron chi connectivity index (χ0n) is 13.8. The summed E-state index contributed by atoms with van der Waals surface area (Å²) in [5.41, 5.74) is 2.08. The molecule has 0 radical (unpaired) electrons. The van der Waals surface area contributed by atoms with E-state index in [1.807, 2.05) is 30.3 Å². The molecule has 7 nitrogen and oxygen atoms in total. The van der Waals surface area contributed by atoms with Gasteiger partial charge in [-0.15, -0.1) is 11.3 Å². The van der Waals surface area contributed by atoms with Crippen LogP contribution in [0.15, 0.2) is 41.2 Å². The Morgan fingerprint density at radius 2 is 2.23 bits per heavy atom. The Bertz CT molecular complexity index is 953. The minimum absolute atomic E-state index is 0.0417. The predicted octanol–water partition coefficient (Wildman–Crippen LogP) is 2.90. The number of rotatable bonds is 2. The van der Waals surface area contributed by atoms with Gasteiger partial charge in [0.05, 0.1) is 18.1 Å². The number of ether oxygens (including phenoxy) is 2. The van der Waals surface area contributed by atoms with Crippen LogP contribution in [0.5, 0.6) is 5.75 Å². The summed E-state index contributed by atoms with van der Waals surface area (Å²) in [4.78, 5) is 20.8. The monoisotopic (exact) mass is 369 g/mol. The van der Waals surface area contributed by atoms with Crippen molar-refractivity contribution in [1.82, 2.24) is 15.0 Å². The van der Waals surface area contributed by atoms with Gasteiger partial charge in [-0.1, -0.05) is 17.3 Å². The number of hydrogen-bond acceptors (Lipinski definition) is 7. The lowest BCUT2D eigenvalue weighted by atomic mass is 10.1. The van der Waals surface area contributed by atoms with Gasteiger partial charge in [-0.25, -0.2) is 0 Å². The minimum atomic E-state index is -0.335. The fraction of sp³-hybridized carbons (Fsp3) is 0.278. The van der Waals surface area contributed by atoms with E-state index in [0.717, 1.165) is 21.8 Å². The van der Waals surface area contributed by atoms with Gasteiger partial charge in [0.2, 0.25) is 6.39 Å². The molecular formula is C18H15N3O4S. The molecule has 5 rings (SSSR count). The van der Waals surface area contributed by atoms with Crippen molar-refractivity contribution >= 4 is 17.2 Å². The van der Waals surface area contributed by atoms with Gasteiger partial charge in [-0.2, -0.15) is 4.98 Å². The van der Waals surface area contributed by atoms with Gasteiger partial charge in [0.15, 0.2) is 5.82 Å². The van der Waals surface area contributed by atoms with Crippen molar-refractivity contribution in [1.29, 1.82) is 0 Å². The molecule has 2 aliphatic rings. The van der Waals surface area contributed by atoms with E-state index in [2.05, 4.69) is 10.1 Å². The first-order valence-corrected chi connectivity index (χ1v) is 9.13. The first-order chi connectivity index (χ1) is 12.8. The van der Waals surface area contributed by atoms with E-state index in [9.17, 15) is 4.79 Å². The Labute approximate surface area is 153 Å². The van der Waals surface area contributed by atoms with E-state index in [4.69, 9.17) is 14.0 Å². The molecule has 1 aromatic carbocycles. The van der Waals surface area contributed by atoms with Crippen LogP contribution in [0.2, 0.25) is 0 Å². The molecule has 8 heteroatoms. The number of para-hydroxylation sites is 1. The Morgan fingerprint density at radius 3 is 3.12 bits per heavy atom. The third-order valence-electron chi connectivity index (χ3n) is 4.60. The molecule has 0 bridgehead atoms. The first-order valence-electron chi connectivity index (χ1n) is 8.31. The third-order valence-corrected chi connectivity index (χ3v) is 5.80. The van der Waals surface area contributed by atoms with Crippen LogP contribution in [0.3, 0.4) is 0 Å². The zero-order chi connectivity index (χ0) is 17.5. The second kappa shape index (κ2) is 6.22. The summed E-state index contributed by atoms with van der Waals surface area (Å²) in [6.07, 6.45) is 1.27. The second-order valence-electron chi connectivity index (χ2n) is 6.13. The molecule has 1 amide bonds. The van der Waals surface area contributed by atoms with Crippen LogP contribution in [-0.2, 0) is 11.3 Å². The molecule has 132 valence electrons. The molecule has 1 atom stereocenters. The topological polar surface area (TPSA) is 77.7 Å². The van der Waals surface area contributed by atoms with Crippen LogP contribution in [0, 0.1) is 0 Å². The fourth-order valence-electron chi connectivity index (χ4n) is 3.33. The highest BCUT2D eigenvalue weighted by atomic mass is 32.1. The molecule has 2 aromatic heterocycles. The van der Waals surface area contributed by atoms with Crippen molar-refractivity contribution in [2.45, 2.75) is 12.6 Å². The van der Waals surface area contributed by atoms with Crippen molar-refractivity contribution in [3.8, 4) is 16.2 Å². The van der Waals surface area contributed by atoms with Crippen LogP contribution >= 0.6 is 11.3 Å². The standard InChI is InChI=1S/C18H15N3O4S/c22-18(21-5-6-23-9-13(21)17-19-10-25-20-17)15-7-11-8-24-14-4-2-1-3-12(14)16(11)26-15/h1-4,7,10,13H,5-6,8-9H2. The lowest BCUT2D eigenvalue weighted by Gasteiger charge is -2.33. The number of benzene rings is 1. The molecule has 1 unspecified atom stereocenters. The Kier molecular flexibility index (Phi) is 3.72. The van der Waals surface area contributed by atoms with Crippen LogP contribution in [0.25, 0.3) is 10.4 Å². The predicted molar refractivity (Wildman–Crippen MR) is 93.0 cm³/mol. The number of aromatic nitrogens is 2. The lowest BCUT2D eigenvalue weighted by molar-refractivity contribution is -0.00551. The molecule has 26 heavy (non-hydrogen) atoms. The van der Waals surface area contributed by atoms with E-state index in [1.54, 1.807) is 4.90 Å². The van der Waals surface area contributed by atoms with E-state index < -0.39 is 0 Å². The van der Waals surface area contributed by atoms with Gasteiger partial charge in [0.25, 0.3) is 5.91 Å². The van der Waals surface area contributed by atoms with E-state index >= 15 is 0 Å². The highest BCUT2D eigenvalue weighted by molar-refractivity contribution is 7.17. The number of thiophene rings is 1. The van der Waals surface area contributed by atoms with Crippen molar-refractivity contribution in [2.75, 3.05) is 19.8 Å². The molecule has 2 aliphatic heterocycles. The minimum Gasteiger partial charge on any atom is -0.488 e.